The number of rotatable bonds is 3. The van der Waals surface area contributed by atoms with Crippen molar-refractivity contribution in [2.24, 2.45) is 0 Å². The van der Waals surface area contributed by atoms with Gasteiger partial charge in [0, 0.05) is 36.5 Å². The number of aromatic nitrogens is 1. The molecule has 1 aromatic heterocycles. The van der Waals surface area contributed by atoms with Gasteiger partial charge in [0.25, 0.3) is 5.91 Å². The van der Waals surface area contributed by atoms with Gasteiger partial charge >= 0.3 is 0 Å². The predicted octanol–water partition coefficient (Wildman–Crippen LogP) is 4.03. The summed E-state index contributed by atoms with van der Waals surface area (Å²) in [6.07, 6.45) is 6.74. The quantitative estimate of drug-likeness (QED) is 0.808. The number of carbonyl (C=O) groups excluding carboxylic acids is 1. The highest BCUT2D eigenvalue weighted by atomic mass is 16.5. The van der Waals surface area contributed by atoms with E-state index >= 15 is 0 Å². The molecule has 0 radical (unpaired) electrons. The van der Waals surface area contributed by atoms with Crippen LogP contribution >= 0.6 is 0 Å². The molecule has 148 valence electrons. The summed E-state index contributed by atoms with van der Waals surface area (Å²) in [6.45, 7) is 1.89. The Morgan fingerprint density at radius 1 is 1.07 bits per heavy atom. The molecule has 2 aromatic rings. The fourth-order valence-electron chi connectivity index (χ4n) is 5.27. The van der Waals surface area contributed by atoms with Crippen LogP contribution in [-0.4, -0.2) is 53.1 Å². The molecule has 5 heteroatoms. The molecule has 1 aromatic carbocycles. The summed E-state index contributed by atoms with van der Waals surface area (Å²) in [5, 5.41) is 4.13. The second-order valence-electron chi connectivity index (χ2n) is 8.73. The number of nitrogens with zero attached hydrogens (tertiary/aromatic N) is 3. The summed E-state index contributed by atoms with van der Waals surface area (Å²) in [7, 11) is 2.23. The summed E-state index contributed by atoms with van der Waals surface area (Å²) in [5.41, 5.74) is 1.89. The summed E-state index contributed by atoms with van der Waals surface area (Å²) in [5.74, 6) is 1.89. The normalized spacial score (nSPS) is 28.6. The highest BCUT2D eigenvalue weighted by Crippen LogP contribution is 2.41. The topological polar surface area (TPSA) is 49.6 Å². The number of likely N-dealkylation sites (tertiary alicyclic amines) is 2. The zero-order chi connectivity index (χ0) is 19.1. The van der Waals surface area contributed by atoms with E-state index in [9.17, 15) is 4.79 Å². The average Bonchev–Trinajstić information content (AvgIpc) is 3.50. The van der Waals surface area contributed by atoms with E-state index in [1.165, 1.54) is 18.4 Å². The van der Waals surface area contributed by atoms with Crippen molar-refractivity contribution in [3.8, 4) is 0 Å². The maximum absolute atomic E-state index is 13.4. The minimum absolute atomic E-state index is 0.0486. The molecule has 3 aliphatic rings. The molecule has 2 saturated heterocycles. The molecular weight excluding hydrogens is 350 g/mol. The Bertz CT molecular complexity index is 829. The summed E-state index contributed by atoms with van der Waals surface area (Å²) >= 11 is 0. The first-order chi connectivity index (χ1) is 13.7. The maximum atomic E-state index is 13.4. The van der Waals surface area contributed by atoms with Crippen molar-refractivity contribution >= 4 is 5.91 Å². The first-order valence-corrected chi connectivity index (χ1v) is 10.7. The van der Waals surface area contributed by atoms with E-state index < -0.39 is 0 Å². The Kier molecular flexibility index (Phi) is 4.71. The second-order valence-corrected chi connectivity index (χ2v) is 8.73. The van der Waals surface area contributed by atoms with Crippen molar-refractivity contribution in [3.05, 3.63) is 53.4 Å². The summed E-state index contributed by atoms with van der Waals surface area (Å²) in [6, 6.07) is 13.3. The standard InChI is InChI=1S/C23H29N3O2/c1-25-13-6-5-9-20-22(25)18(16-7-3-2-4-8-16)12-14-26(20)23(27)19-15-21(28-24-19)17-10-11-17/h2-4,7-8,15,17-18,20,22H,5-6,9-14H2,1H3/t18-,20-,22-/m1/s1. The van der Waals surface area contributed by atoms with E-state index in [0.717, 1.165) is 44.5 Å². The van der Waals surface area contributed by atoms with Gasteiger partial charge in [0.1, 0.15) is 5.76 Å². The highest BCUT2D eigenvalue weighted by molar-refractivity contribution is 5.92. The Morgan fingerprint density at radius 3 is 2.68 bits per heavy atom. The van der Waals surface area contributed by atoms with E-state index in [1.54, 1.807) is 0 Å². The molecule has 2 aliphatic heterocycles. The van der Waals surface area contributed by atoms with E-state index in [4.69, 9.17) is 4.52 Å². The highest BCUT2D eigenvalue weighted by Gasteiger charge is 2.44. The van der Waals surface area contributed by atoms with E-state index in [1.807, 2.05) is 6.07 Å². The maximum Gasteiger partial charge on any atom is 0.276 e. The van der Waals surface area contributed by atoms with Crippen molar-refractivity contribution in [3.63, 3.8) is 0 Å². The van der Waals surface area contributed by atoms with Gasteiger partial charge in [-0.15, -0.1) is 0 Å². The van der Waals surface area contributed by atoms with Crippen molar-refractivity contribution in [1.82, 2.24) is 15.0 Å². The third kappa shape index (κ3) is 3.26. The second kappa shape index (κ2) is 7.36. The van der Waals surface area contributed by atoms with Crippen LogP contribution in [-0.2, 0) is 0 Å². The van der Waals surface area contributed by atoms with Gasteiger partial charge in [-0.3, -0.25) is 4.79 Å². The molecule has 5 nitrogen and oxygen atoms in total. The lowest BCUT2D eigenvalue weighted by atomic mass is 9.79. The Hall–Kier alpha value is -2.14. The van der Waals surface area contributed by atoms with E-state index in [2.05, 4.69) is 52.3 Å². The number of carbonyl (C=O) groups is 1. The lowest BCUT2D eigenvalue weighted by molar-refractivity contribution is 0.0310. The minimum atomic E-state index is 0.0486. The molecular formula is C23H29N3O2. The van der Waals surface area contributed by atoms with Crippen LogP contribution in [0.15, 0.2) is 40.9 Å². The lowest BCUT2D eigenvalue weighted by Gasteiger charge is -2.48. The number of hydrogen-bond donors (Lipinski definition) is 0. The largest absolute Gasteiger partial charge is 0.360 e. The van der Waals surface area contributed by atoms with Gasteiger partial charge in [0.2, 0.25) is 0 Å². The first-order valence-electron chi connectivity index (χ1n) is 10.7. The average molecular weight is 380 g/mol. The fraction of sp³-hybridized carbons (Fsp3) is 0.565. The van der Waals surface area contributed by atoms with Gasteiger partial charge in [0.15, 0.2) is 5.69 Å². The number of hydrogen-bond acceptors (Lipinski definition) is 4. The van der Waals surface area contributed by atoms with Crippen LogP contribution < -0.4 is 0 Å². The minimum Gasteiger partial charge on any atom is -0.360 e. The molecule has 3 fully saturated rings. The molecule has 0 N–H and O–H groups in total. The zero-order valence-electron chi connectivity index (χ0n) is 16.6. The number of fused-ring (bicyclic) bond motifs is 1. The van der Waals surface area contributed by atoms with E-state index in [0.29, 0.717) is 23.6 Å². The molecule has 0 bridgehead atoms. The number of benzene rings is 1. The Labute approximate surface area is 166 Å². The monoisotopic (exact) mass is 379 g/mol. The van der Waals surface area contributed by atoms with Gasteiger partial charge in [-0.25, -0.2) is 0 Å². The fourth-order valence-corrected chi connectivity index (χ4v) is 5.27. The smallest absolute Gasteiger partial charge is 0.276 e. The zero-order valence-corrected chi connectivity index (χ0v) is 16.6. The van der Waals surface area contributed by atoms with Crippen LogP contribution in [0.25, 0.3) is 0 Å². The first kappa shape index (κ1) is 17.9. The number of likely N-dealkylation sites (N-methyl/N-ethyl adjacent to an activating group) is 1. The van der Waals surface area contributed by atoms with Crippen molar-refractivity contribution in [2.75, 3.05) is 20.1 Å². The van der Waals surface area contributed by atoms with Gasteiger partial charge in [-0.05, 0) is 51.3 Å². The molecule has 1 amide bonds. The Morgan fingerprint density at radius 2 is 1.89 bits per heavy atom. The molecule has 5 rings (SSSR count). The third-order valence-corrected chi connectivity index (χ3v) is 6.87. The molecule has 28 heavy (non-hydrogen) atoms. The summed E-state index contributed by atoms with van der Waals surface area (Å²) < 4.78 is 5.46. The Balaban J connectivity index is 1.44. The molecule has 0 unspecified atom stereocenters. The number of piperidine rings is 1. The molecule has 0 spiro atoms. The van der Waals surface area contributed by atoms with Crippen LogP contribution in [0, 0.1) is 0 Å². The van der Waals surface area contributed by atoms with Gasteiger partial charge in [-0.1, -0.05) is 41.9 Å². The predicted molar refractivity (Wildman–Crippen MR) is 107 cm³/mol. The van der Waals surface area contributed by atoms with Gasteiger partial charge in [0.05, 0.1) is 0 Å². The van der Waals surface area contributed by atoms with Crippen molar-refractivity contribution in [2.45, 2.75) is 62.4 Å². The van der Waals surface area contributed by atoms with Gasteiger partial charge < -0.3 is 14.3 Å². The summed E-state index contributed by atoms with van der Waals surface area (Å²) in [4.78, 5) is 17.9. The van der Waals surface area contributed by atoms with Crippen LogP contribution in [0.2, 0.25) is 0 Å². The van der Waals surface area contributed by atoms with Gasteiger partial charge in [-0.2, -0.15) is 0 Å². The van der Waals surface area contributed by atoms with Crippen LogP contribution in [0.1, 0.15) is 72.2 Å². The molecule has 1 aliphatic carbocycles. The van der Waals surface area contributed by atoms with E-state index in [-0.39, 0.29) is 11.9 Å². The van der Waals surface area contributed by atoms with Crippen molar-refractivity contribution < 1.29 is 9.32 Å². The SMILES string of the molecule is CN1CCCC[C@@H]2[C@H]1[C@@H](c1ccccc1)CCN2C(=O)c1cc(C2CC2)on1. The number of amides is 1. The van der Waals surface area contributed by atoms with Crippen LogP contribution in [0.3, 0.4) is 0 Å². The van der Waals surface area contributed by atoms with Crippen LogP contribution in [0.5, 0.6) is 0 Å². The third-order valence-electron chi connectivity index (χ3n) is 6.87. The lowest BCUT2D eigenvalue weighted by Crippen LogP contribution is -2.58. The van der Waals surface area contributed by atoms with Crippen molar-refractivity contribution in [1.29, 1.82) is 0 Å². The molecule has 1 saturated carbocycles. The molecule has 3 heterocycles. The van der Waals surface area contributed by atoms with Crippen LogP contribution in [0.4, 0.5) is 0 Å². The molecule has 3 atom stereocenters.